The Morgan fingerprint density at radius 1 is 1.68 bits per heavy atom. The number of nitrogens with one attached hydrogen (secondary N) is 1. The van der Waals surface area contributed by atoms with E-state index < -0.39 is 0 Å². The normalized spacial score (nSPS) is 23.7. The molecule has 2 N–H and O–H groups in total. The standard InChI is InChI=1S/C13H20N2O4/c1-18-12-5-10(9-16)15(7-12)8-13(17)14-6-11-3-2-4-19-11/h2-4,10,12,16H,5-9H2,1H3,(H,14,17)/t10-,12+/m0/s1. The summed E-state index contributed by atoms with van der Waals surface area (Å²) in [6.07, 6.45) is 2.43. The zero-order valence-corrected chi connectivity index (χ0v) is 11.0. The van der Waals surface area contributed by atoms with E-state index in [1.165, 1.54) is 0 Å². The molecule has 0 aliphatic carbocycles. The lowest BCUT2D eigenvalue weighted by Crippen LogP contribution is -2.41. The molecular weight excluding hydrogens is 248 g/mol. The monoisotopic (exact) mass is 268 g/mol. The first-order valence-corrected chi connectivity index (χ1v) is 6.39. The number of amides is 1. The molecule has 1 aromatic rings. The molecule has 0 aromatic carbocycles. The largest absolute Gasteiger partial charge is 0.467 e. The number of methoxy groups -OCH3 is 1. The van der Waals surface area contributed by atoms with E-state index in [1.807, 2.05) is 11.0 Å². The van der Waals surface area contributed by atoms with Crippen molar-refractivity contribution in [1.82, 2.24) is 10.2 Å². The number of likely N-dealkylation sites (tertiary alicyclic amines) is 1. The van der Waals surface area contributed by atoms with E-state index in [0.29, 0.717) is 13.1 Å². The summed E-state index contributed by atoms with van der Waals surface area (Å²) in [5.74, 6) is 0.648. The molecule has 0 unspecified atom stereocenters. The molecule has 1 fully saturated rings. The van der Waals surface area contributed by atoms with E-state index in [9.17, 15) is 9.90 Å². The van der Waals surface area contributed by atoms with Crippen LogP contribution in [0.4, 0.5) is 0 Å². The minimum atomic E-state index is -0.0772. The molecule has 2 atom stereocenters. The van der Waals surface area contributed by atoms with Gasteiger partial charge in [-0.1, -0.05) is 0 Å². The van der Waals surface area contributed by atoms with E-state index in [2.05, 4.69) is 5.32 Å². The second-order valence-electron chi connectivity index (χ2n) is 4.72. The minimum Gasteiger partial charge on any atom is -0.467 e. The molecule has 1 saturated heterocycles. The summed E-state index contributed by atoms with van der Waals surface area (Å²) in [6, 6.07) is 3.60. The van der Waals surface area contributed by atoms with Gasteiger partial charge >= 0.3 is 0 Å². The van der Waals surface area contributed by atoms with Crippen LogP contribution >= 0.6 is 0 Å². The van der Waals surface area contributed by atoms with Crippen LogP contribution in [0.5, 0.6) is 0 Å². The van der Waals surface area contributed by atoms with Crippen LogP contribution in [0.15, 0.2) is 22.8 Å². The highest BCUT2D eigenvalue weighted by molar-refractivity contribution is 5.78. The Kier molecular flexibility index (Phi) is 4.95. The second-order valence-corrected chi connectivity index (χ2v) is 4.72. The van der Waals surface area contributed by atoms with Gasteiger partial charge in [0.2, 0.25) is 5.91 Å². The van der Waals surface area contributed by atoms with E-state index >= 15 is 0 Å². The number of carbonyl (C=O) groups excluding carboxylic acids is 1. The zero-order chi connectivity index (χ0) is 13.7. The quantitative estimate of drug-likeness (QED) is 0.758. The van der Waals surface area contributed by atoms with Crippen molar-refractivity contribution >= 4 is 5.91 Å². The maximum absolute atomic E-state index is 11.8. The predicted octanol–water partition coefficient (Wildman–Crippen LogP) is -0.0226. The van der Waals surface area contributed by atoms with Gasteiger partial charge in [0.05, 0.1) is 32.1 Å². The third-order valence-corrected chi connectivity index (χ3v) is 3.42. The van der Waals surface area contributed by atoms with Gasteiger partial charge < -0.3 is 19.6 Å². The zero-order valence-electron chi connectivity index (χ0n) is 11.0. The van der Waals surface area contributed by atoms with Crippen molar-refractivity contribution < 1.29 is 19.1 Å². The molecule has 19 heavy (non-hydrogen) atoms. The first kappa shape index (κ1) is 14.0. The number of carbonyl (C=O) groups is 1. The fourth-order valence-corrected chi connectivity index (χ4v) is 2.33. The minimum absolute atomic E-state index is 0.000636. The molecule has 1 amide bonds. The lowest BCUT2D eigenvalue weighted by atomic mass is 10.2. The van der Waals surface area contributed by atoms with Crippen LogP contribution in [0, 0.1) is 0 Å². The lowest BCUT2D eigenvalue weighted by molar-refractivity contribution is -0.122. The Morgan fingerprint density at radius 2 is 2.53 bits per heavy atom. The number of hydrogen-bond acceptors (Lipinski definition) is 5. The Hall–Kier alpha value is -1.37. The molecule has 106 valence electrons. The molecule has 0 radical (unpaired) electrons. The van der Waals surface area contributed by atoms with Crippen molar-refractivity contribution in [3.8, 4) is 0 Å². The molecule has 0 bridgehead atoms. The Balaban J connectivity index is 1.78. The van der Waals surface area contributed by atoms with Crippen molar-refractivity contribution in [2.75, 3.05) is 26.8 Å². The van der Waals surface area contributed by atoms with Crippen LogP contribution in [0.1, 0.15) is 12.2 Å². The van der Waals surface area contributed by atoms with Crippen LogP contribution in [-0.2, 0) is 16.1 Å². The van der Waals surface area contributed by atoms with Gasteiger partial charge in [-0.2, -0.15) is 0 Å². The number of furan rings is 1. The molecule has 6 nitrogen and oxygen atoms in total. The van der Waals surface area contributed by atoms with E-state index in [1.54, 1.807) is 19.4 Å². The molecule has 1 aromatic heterocycles. The highest BCUT2D eigenvalue weighted by atomic mass is 16.5. The molecule has 6 heteroatoms. The first-order valence-electron chi connectivity index (χ1n) is 6.39. The van der Waals surface area contributed by atoms with Crippen molar-refractivity contribution in [3.05, 3.63) is 24.2 Å². The van der Waals surface area contributed by atoms with Gasteiger partial charge in [0.1, 0.15) is 5.76 Å². The topological polar surface area (TPSA) is 74.9 Å². The maximum Gasteiger partial charge on any atom is 0.234 e. The Morgan fingerprint density at radius 3 is 3.16 bits per heavy atom. The number of nitrogens with zero attached hydrogens (tertiary/aromatic N) is 1. The molecule has 1 aliphatic rings. The van der Waals surface area contributed by atoms with Gasteiger partial charge in [-0.05, 0) is 18.6 Å². The Bertz CT molecular complexity index is 393. The number of hydrogen-bond donors (Lipinski definition) is 2. The molecule has 2 rings (SSSR count). The molecule has 0 saturated carbocycles. The van der Waals surface area contributed by atoms with E-state index in [-0.39, 0.29) is 31.2 Å². The van der Waals surface area contributed by atoms with Gasteiger partial charge in [-0.15, -0.1) is 0 Å². The third-order valence-electron chi connectivity index (χ3n) is 3.42. The fraction of sp³-hybridized carbons (Fsp3) is 0.615. The van der Waals surface area contributed by atoms with E-state index in [4.69, 9.17) is 9.15 Å². The first-order chi connectivity index (χ1) is 9.22. The summed E-state index contributed by atoms with van der Waals surface area (Å²) in [5, 5.41) is 12.1. The predicted molar refractivity (Wildman–Crippen MR) is 68.4 cm³/mol. The van der Waals surface area contributed by atoms with Gasteiger partial charge in [-0.25, -0.2) is 0 Å². The van der Waals surface area contributed by atoms with Crippen LogP contribution in [0.3, 0.4) is 0 Å². The fourth-order valence-electron chi connectivity index (χ4n) is 2.33. The van der Waals surface area contributed by atoms with E-state index in [0.717, 1.165) is 12.2 Å². The average molecular weight is 268 g/mol. The third kappa shape index (κ3) is 3.79. The molecular formula is C13H20N2O4. The maximum atomic E-state index is 11.8. The van der Waals surface area contributed by atoms with Gasteiger partial charge in [0.15, 0.2) is 0 Å². The van der Waals surface area contributed by atoms with Gasteiger partial charge in [0, 0.05) is 19.7 Å². The summed E-state index contributed by atoms with van der Waals surface area (Å²) in [6.45, 7) is 1.38. The highest BCUT2D eigenvalue weighted by Gasteiger charge is 2.32. The summed E-state index contributed by atoms with van der Waals surface area (Å²) in [7, 11) is 1.65. The summed E-state index contributed by atoms with van der Waals surface area (Å²) >= 11 is 0. The molecule has 0 spiro atoms. The Labute approximate surface area is 112 Å². The van der Waals surface area contributed by atoms with Crippen LogP contribution in [0.2, 0.25) is 0 Å². The second kappa shape index (κ2) is 6.70. The highest BCUT2D eigenvalue weighted by Crippen LogP contribution is 2.18. The lowest BCUT2D eigenvalue weighted by Gasteiger charge is -2.21. The number of rotatable bonds is 6. The number of aliphatic hydroxyl groups is 1. The SMILES string of the molecule is CO[C@@H]1C[C@@H](CO)N(CC(=O)NCc2ccco2)C1. The summed E-state index contributed by atoms with van der Waals surface area (Å²) in [5.41, 5.74) is 0. The summed E-state index contributed by atoms with van der Waals surface area (Å²) in [4.78, 5) is 13.8. The summed E-state index contributed by atoms with van der Waals surface area (Å²) < 4.78 is 10.4. The average Bonchev–Trinajstić information content (AvgIpc) is 3.05. The smallest absolute Gasteiger partial charge is 0.234 e. The van der Waals surface area contributed by atoms with Crippen LogP contribution in [-0.4, -0.2) is 54.9 Å². The van der Waals surface area contributed by atoms with Crippen LogP contribution in [0.25, 0.3) is 0 Å². The molecule has 1 aliphatic heterocycles. The van der Waals surface area contributed by atoms with Gasteiger partial charge in [-0.3, -0.25) is 9.69 Å². The van der Waals surface area contributed by atoms with Crippen molar-refractivity contribution in [2.45, 2.75) is 25.1 Å². The van der Waals surface area contributed by atoms with Gasteiger partial charge in [0.25, 0.3) is 0 Å². The number of aliphatic hydroxyl groups excluding tert-OH is 1. The van der Waals surface area contributed by atoms with Crippen LogP contribution < -0.4 is 5.32 Å². The van der Waals surface area contributed by atoms with Crippen molar-refractivity contribution in [3.63, 3.8) is 0 Å². The molecule has 2 heterocycles. The number of ether oxygens (including phenoxy) is 1. The van der Waals surface area contributed by atoms with Crippen molar-refractivity contribution in [1.29, 1.82) is 0 Å². The van der Waals surface area contributed by atoms with Crippen molar-refractivity contribution in [2.24, 2.45) is 0 Å².